The Morgan fingerprint density at radius 1 is 1.42 bits per heavy atom. The first kappa shape index (κ1) is 13.2. The van der Waals surface area contributed by atoms with E-state index in [2.05, 4.69) is 17.7 Å². The summed E-state index contributed by atoms with van der Waals surface area (Å²) < 4.78 is 25.6. The van der Waals surface area contributed by atoms with Gasteiger partial charge in [0.25, 0.3) is 0 Å². The molecule has 0 spiro atoms. The predicted octanol–water partition coefficient (Wildman–Crippen LogP) is 1.83. The van der Waals surface area contributed by atoms with Crippen molar-refractivity contribution in [2.24, 2.45) is 11.8 Å². The maximum absolute atomic E-state index is 11.7. The lowest BCUT2D eigenvalue weighted by atomic mass is 10.00. The first-order chi connectivity index (χ1) is 9.02. The molecule has 1 aromatic rings. The smallest absolute Gasteiger partial charge is 0.150 e. The summed E-state index contributed by atoms with van der Waals surface area (Å²) in [6.45, 7) is 3.33. The van der Waals surface area contributed by atoms with Crippen LogP contribution >= 0.6 is 0 Å². The van der Waals surface area contributed by atoms with Crippen LogP contribution in [0.4, 0.5) is 0 Å². The Morgan fingerprint density at radius 2 is 2.26 bits per heavy atom. The number of hydrogen-bond acceptors (Lipinski definition) is 3. The molecule has 2 atom stereocenters. The molecule has 3 heterocycles. The van der Waals surface area contributed by atoms with Gasteiger partial charge in [-0.2, -0.15) is 0 Å². The standard InChI is InChI=1S/C14H22N2O2S/c1-11-4-5-14-15-13(9-16(14)8-11)7-12-3-2-6-19(17,18)10-12/h9,11-12H,2-8,10H2,1H3. The molecule has 0 N–H and O–H groups in total. The van der Waals surface area contributed by atoms with Crippen molar-refractivity contribution in [3.05, 3.63) is 17.7 Å². The van der Waals surface area contributed by atoms with E-state index in [1.165, 1.54) is 12.2 Å². The van der Waals surface area contributed by atoms with Gasteiger partial charge in [-0.3, -0.25) is 0 Å². The fourth-order valence-corrected chi connectivity index (χ4v) is 5.12. The van der Waals surface area contributed by atoms with Crippen molar-refractivity contribution in [3.8, 4) is 0 Å². The van der Waals surface area contributed by atoms with E-state index in [9.17, 15) is 8.42 Å². The summed E-state index contributed by atoms with van der Waals surface area (Å²) in [5.41, 5.74) is 1.09. The quantitative estimate of drug-likeness (QED) is 0.831. The molecular formula is C14H22N2O2S. The van der Waals surface area contributed by atoms with Gasteiger partial charge in [0.1, 0.15) is 5.82 Å². The first-order valence-electron chi connectivity index (χ1n) is 7.27. The minimum absolute atomic E-state index is 0.271. The van der Waals surface area contributed by atoms with E-state index in [-0.39, 0.29) is 5.92 Å². The van der Waals surface area contributed by atoms with Crippen LogP contribution in [0, 0.1) is 11.8 Å². The third kappa shape index (κ3) is 3.02. The molecule has 106 valence electrons. The maximum Gasteiger partial charge on any atom is 0.150 e. The minimum Gasteiger partial charge on any atom is -0.334 e. The molecule has 19 heavy (non-hydrogen) atoms. The lowest BCUT2D eigenvalue weighted by molar-refractivity contribution is 0.394. The Kier molecular flexibility index (Phi) is 3.41. The van der Waals surface area contributed by atoms with Gasteiger partial charge in [0.15, 0.2) is 9.84 Å². The summed E-state index contributed by atoms with van der Waals surface area (Å²) in [7, 11) is -2.80. The maximum atomic E-state index is 11.7. The Balaban J connectivity index is 1.70. The van der Waals surface area contributed by atoms with Gasteiger partial charge in [-0.15, -0.1) is 0 Å². The molecular weight excluding hydrogens is 260 g/mol. The largest absolute Gasteiger partial charge is 0.334 e. The number of rotatable bonds is 2. The molecule has 0 amide bonds. The highest BCUT2D eigenvalue weighted by atomic mass is 32.2. The Labute approximate surface area is 115 Å². The molecule has 3 rings (SSSR count). The monoisotopic (exact) mass is 282 g/mol. The topological polar surface area (TPSA) is 52.0 Å². The van der Waals surface area contributed by atoms with Crippen LogP contribution < -0.4 is 0 Å². The van der Waals surface area contributed by atoms with Crippen LogP contribution in [0.1, 0.15) is 37.7 Å². The second-order valence-electron chi connectivity index (χ2n) is 6.27. The molecule has 2 aliphatic heterocycles. The van der Waals surface area contributed by atoms with Crippen LogP contribution in [0.3, 0.4) is 0 Å². The fraction of sp³-hybridized carbons (Fsp3) is 0.786. The van der Waals surface area contributed by atoms with Crippen LogP contribution in [-0.2, 0) is 29.2 Å². The molecule has 0 bridgehead atoms. The molecule has 2 unspecified atom stereocenters. The molecule has 1 saturated heterocycles. The van der Waals surface area contributed by atoms with Gasteiger partial charge in [-0.05, 0) is 37.5 Å². The van der Waals surface area contributed by atoms with Gasteiger partial charge in [0.05, 0.1) is 17.2 Å². The Hall–Kier alpha value is -0.840. The third-order valence-electron chi connectivity index (χ3n) is 4.33. The lowest BCUT2D eigenvalue weighted by Gasteiger charge is -2.20. The van der Waals surface area contributed by atoms with Crippen molar-refractivity contribution in [2.45, 2.75) is 45.6 Å². The molecule has 0 radical (unpaired) electrons. The highest BCUT2D eigenvalue weighted by molar-refractivity contribution is 7.91. The summed E-state index contributed by atoms with van der Waals surface area (Å²) in [6, 6.07) is 0. The van der Waals surface area contributed by atoms with Crippen LogP contribution in [-0.4, -0.2) is 29.5 Å². The molecule has 0 aliphatic carbocycles. The van der Waals surface area contributed by atoms with Gasteiger partial charge in [0, 0.05) is 19.2 Å². The zero-order valence-corrected chi connectivity index (χ0v) is 12.3. The zero-order chi connectivity index (χ0) is 13.5. The van der Waals surface area contributed by atoms with Crippen molar-refractivity contribution in [1.29, 1.82) is 0 Å². The minimum atomic E-state index is -2.80. The number of imidazole rings is 1. The number of hydrogen-bond donors (Lipinski definition) is 0. The molecule has 4 nitrogen and oxygen atoms in total. The van der Waals surface area contributed by atoms with E-state index in [0.717, 1.165) is 43.8 Å². The van der Waals surface area contributed by atoms with Gasteiger partial charge in [0.2, 0.25) is 0 Å². The summed E-state index contributed by atoms with van der Waals surface area (Å²) in [5, 5.41) is 0. The van der Waals surface area contributed by atoms with Crippen LogP contribution in [0.15, 0.2) is 6.20 Å². The molecule has 2 aliphatic rings. The summed E-state index contributed by atoms with van der Waals surface area (Å²) >= 11 is 0. The van der Waals surface area contributed by atoms with Crippen LogP contribution in [0.5, 0.6) is 0 Å². The summed E-state index contributed by atoms with van der Waals surface area (Å²) in [5.74, 6) is 2.91. The Morgan fingerprint density at radius 3 is 3.05 bits per heavy atom. The van der Waals surface area contributed by atoms with Gasteiger partial charge < -0.3 is 4.57 Å². The van der Waals surface area contributed by atoms with Crippen molar-refractivity contribution in [2.75, 3.05) is 11.5 Å². The van der Waals surface area contributed by atoms with E-state index >= 15 is 0 Å². The fourth-order valence-electron chi connectivity index (χ4n) is 3.35. The van der Waals surface area contributed by atoms with Crippen molar-refractivity contribution >= 4 is 9.84 Å². The predicted molar refractivity (Wildman–Crippen MR) is 74.8 cm³/mol. The zero-order valence-electron chi connectivity index (χ0n) is 11.5. The van der Waals surface area contributed by atoms with E-state index in [0.29, 0.717) is 11.5 Å². The van der Waals surface area contributed by atoms with E-state index < -0.39 is 9.84 Å². The van der Waals surface area contributed by atoms with Gasteiger partial charge in [-0.25, -0.2) is 13.4 Å². The second-order valence-corrected chi connectivity index (χ2v) is 8.50. The number of nitrogens with zero attached hydrogens (tertiary/aromatic N) is 2. The van der Waals surface area contributed by atoms with E-state index in [4.69, 9.17) is 4.98 Å². The summed E-state index contributed by atoms with van der Waals surface area (Å²) in [4.78, 5) is 4.70. The normalized spacial score (nSPS) is 29.9. The average Bonchev–Trinajstić information content (AvgIpc) is 2.68. The number of fused-ring (bicyclic) bond motifs is 1. The highest BCUT2D eigenvalue weighted by Gasteiger charge is 2.26. The lowest BCUT2D eigenvalue weighted by Crippen LogP contribution is -2.26. The summed E-state index contributed by atoms with van der Waals surface area (Å²) in [6.07, 6.45) is 7.09. The number of aromatic nitrogens is 2. The van der Waals surface area contributed by atoms with Crippen molar-refractivity contribution < 1.29 is 8.42 Å². The molecule has 5 heteroatoms. The molecule has 1 fully saturated rings. The second kappa shape index (κ2) is 4.93. The SMILES string of the molecule is CC1CCc2nc(CC3CCCS(=O)(=O)C3)cn2C1. The highest BCUT2D eigenvalue weighted by Crippen LogP contribution is 2.24. The van der Waals surface area contributed by atoms with E-state index in [1.54, 1.807) is 0 Å². The molecule has 1 aromatic heterocycles. The van der Waals surface area contributed by atoms with Gasteiger partial charge in [-0.1, -0.05) is 6.92 Å². The molecule has 0 saturated carbocycles. The van der Waals surface area contributed by atoms with Crippen molar-refractivity contribution in [3.63, 3.8) is 0 Å². The number of sulfone groups is 1. The Bertz CT molecular complexity index is 562. The van der Waals surface area contributed by atoms with Crippen molar-refractivity contribution in [1.82, 2.24) is 9.55 Å². The number of aryl methyl sites for hydroxylation is 1. The van der Waals surface area contributed by atoms with Crippen LogP contribution in [0.25, 0.3) is 0 Å². The first-order valence-corrected chi connectivity index (χ1v) is 9.09. The average molecular weight is 282 g/mol. The third-order valence-corrected chi connectivity index (χ3v) is 6.22. The van der Waals surface area contributed by atoms with Crippen LogP contribution in [0.2, 0.25) is 0 Å². The van der Waals surface area contributed by atoms with Gasteiger partial charge >= 0.3 is 0 Å². The molecule has 0 aromatic carbocycles. The van der Waals surface area contributed by atoms with E-state index in [1.807, 2.05) is 0 Å².